The van der Waals surface area contributed by atoms with Gasteiger partial charge in [0.05, 0.1) is 0 Å². The van der Waals surface area contributed by atoms with Crippen molar-refractivity contribution < 1.29 is 0 Å². The first-order valence-corrected chi connectivity index (χ1v) is 7.69. The predicted molar refractivity (Wildman–Crippen MR) is 77.1 cm³/mol. The highest BCUT2D eigenvalue weighted by atomic mass is 15.2. The van der Waals surface area contributed by atoms with Crippen LogP contribution in [-0.2, 0) is 19.4 Å². The summed E-state index contributed by atoms with van der Waals surface area (Å²) in [4.78, 5) is 7.30. The van der Waals surface area contributed by atoms with Gasteiger partial charge in [-0.15, -0.1) is 0 Å². The number of aryl methyl sites for hydroxylation is 1. The normalized spacial score (nSPS) is 28.0. The summed E-state index contributed by atoms with van der Waals surface area (Å²) in [6, 6.07) is 1.63. The van der Waals surface area contributed by atoms with E-state index < -0.39 is 0 Å². The molecule has 1 aromatic heterocycles. The number of fused-ring (bicyclic) bond motifs is 1. The van der Waals surface area contributed by atoms with Crippen molar-refractivity contribution in [3.8, 4) is 0 Å². The highest BCUT2D eigenvalue weighted by molar-refractivity contribution is 5.11. The van der Waals surface area contributed by atoms with Crippen LogP contribution in [0.3, 0.4) is 0 Å². The van der Waals surface area contributed by atoms with Crippen molar-refractivity contribution in [2.75, 3.05) is 6.54 Å². The fourth-order valence-corrected chi connectivity index (χ4v) is 3.67. The maximum absolute atomic E-state index is 6.10. The SMILES string of the molecule is CC(C)N1CCCC1Cc1ncc2n1CC(N)CC2. The third kappa shape index (κ3) is 2.56. The van der Waals surface area contributed by atoms with E-state index in [9.17, 15) is 0 Å². The molecule has 1 aromatic rings. The average Bonchev–Trinajstić information content (AvgIpc) is 2.97. The summed E-state index contributed by atoms with van der Waals surface area (Å²) in [5.74, 6) is 1.25. The first kappa shape index (κ1) is 13.1. The lowest BCUT2D eigenvalue weighted by atomic mass is 10.1. The number of hydrogen-bond donors (Lipinski definition) is 1. The molecule has 0 aliphatic carbocycles. The van der Waals surface area contributed by atoms with Gasteiger partial charge in [0.2, 0.25) is 0 Å². The van der Waals surface area contributed by atoms with Crippen LogP contribution >= 0.6 is 0 Å². The van der Waals surface area contributed by atoms with Gasteiger partial charge >= 0.3 is 0 Å². The Kier molecular flexibility index (Phi) is 3.63. The minimum absolute atomic E-state index is 0.310. The molecule has 0 spiro atoms. The molecule has 2 aliphatic heterocycles. The van der Waals surface area contributed by atoms with Crippen LogP contribution in [0.2, 0.25) is 0 Å². The van der Waals surface area contributed by atoms with E-state index in [1.807, 2.05) is 0 Å². The van der Waals surface area contributed by atoms with Gasteiger partial charge in [0.25, 0.3) is 0 Å². The molecule has 0 saturated carbocycles. The Morgan fingerprint density at radius 1 is 1.42 bits per heavy atom. The minimum Gasteiger partial charge on any atom is -0.330 e. The summed E-state index contributed by atoms with van der Waals surface area (Å²) in [6.07, 6.45) is 7.99. The molecule has 0 amide bonds. The maximum atomic E-state index is 6.10. The fraction of sp³-hybridized carbons (Fsp3) is 0.800. The molecular formula is C15H26N4. The van der Waals surface area contributed by atoms with Crippen LogP contribution in [-0.4, -0.2) is 39.1 Å². The summed E-state index contributed by atoms with van der Waals surface area (Å²) >= 11 is 0. The molecule has 0 radical (unpaired) electrons. The van der Waals surface area contributed by atoms with Gasteiger partial charge in [-0.25, -0.2) is 4.98 Å². The number of aromatic nitrogens is 2. The Morgan fingerprint density at radius 3 is 3.05 bits per heavy atom. The number of rotatable bonds is 3. The summed E-state index contributed by atoms with van der Waals surface area (Å²) in [5.41, 5.74) is 7.48. The Bertz CT molecular complexity index is 437. The van der Waals surface area contributed by atoms with Gasteiger partial charge in [-0.05, 0) is 46.1 Å². The summed E-state index contributed by atoms with van der Waals surface area (Å²) in [6.45, 7) is 6.80. The maximum Gasteiger partial charge on any atom is 0.110 e. The van der Waals surface area contributed by atoms with Crippen molar-refractivity contribution in [1.29, 1.82) is 0 Å². The van der Waals surface area contributed by atoms with Crippen LogP contribution in [0.1, 0.15) is 44.6 Å². The molecule has 1 fully saturated rings. The van der Waals surface area contributed by atoms with Crippen LogP contribution in [0, 0.1) is 0 Å². The summed E-state index contributed by atoms with van der Waals surface area (Å²) in [5, 5.41) is 0. The highest BCUT2D eigenvalue weighted by Gasteiger charge is 2.29. The van der Waals surface area contributed by atoms with E-state index in [1.165, 1.54) is 30.9 Å². The highest BCUT2D eigenvalue weighted by Crippen LogP contribution is 2.24. The van der Waals surface area contributed by atoms with E-state index in [1.54, 1.807) is 0 Å². The summed E-state index contributed by atoms with van der Waals surface area (Å²) in [7, 11) is 0. The topological polar surface area (TPSA) is 47.1 Å². The second kappa shape index (κ2) is 5.25. The molecule has 0 aromatic carbocycles. The summed E-state index contributed by atoms with van der Waals surface area (Å²) < 4.78 is 2.38. The molecule has 2 atom stereocenters. The largest absolute Gasteiger partial charge is 0.330 e. The number of likely N-dealkylation sites (tertiary alicyclic amines) is 1. The molecule has 2 N–H and O–H groups in total. The number of hydrogen-bond acceptors (Lipinski definition) is 3. The molecule has 2 unspecified atom stereocenters. The molecule has 3 rings (SSSR count). The van der Waals surface area contributed by atoms with Gasteiger partial charge in [-0.3, -0.25) is 4.90 Å². The lowest BCUT2D eigenvalue weighted by molar-refractivity contribution is 0.199. The third-order valence-corrected chi connectivity index (χ3v) is 4.71. The Morgan fingerprint density at radius 2 is 2.26 bits per heavy atom. The van der Waals surface area contributed by atoms with Crippen LogP contribution in [0.25, 0.3) is 0 Å². The smallest absolute Gasteiger partial charge is 0.110 e. The van der Waals surface area contributed by atoms with E-state index >= 15 is 0 Å². The second-order valence-electron chi connectivity index (χ2n) is 6.41. The molecule has 106 valence electrons. The van der Waals surface area contributed by atoms with Crippen molar-refractivity contribution in [3.63, 3.8) is 0 Å². The van der Waals surface area contributed by atoms with Crippen molar-refractivity contribution in [2.45, 2.75) is 70.6 Å². The van der Waals surface area contributed by atoms with Crippen molar-refractivity contribution in [1.82, 2.24) is 14.5 Å². The number of nitrogens with zero attached hydrogens (tertiary/aromatic N) is 3. The van der Waals surface area contributed by atoms with Gasteiger partial charge in [-0.1, -0.05) is 0 Å². The second-order valence-corrected chi connectivity index (χ2v) is 6.41. The van der Waals surface area contributed by atoms with Crippen molar-refractivity contribution in [2.24, 2.45) is 5.73 Å². The average molecular weight is 262 g/mol. The monoisotopic (exact) mass is 262 g/mol. The third-order valence-electron chi connectivity index (χ3n) is 4.71. The lowest BCUT2D eigenvalue weighted by Crippen LogP contribution is -2.38. The van der Waals surface area contributed by atoms with E-state index in [-0.39, 0.29) is 0 Å². The van der Waals surface area contributed by atoms with Gasteiger partial charge < -0.3 is 10.3 Å². The molecule has 1 saturated heterocycles. The van der Waals surface area contributed by atoms with Gasteiger partial charge in [0.15, 0.2) is 0 Å². The minimum atomic E-state index is 0.310. The predicted octanol–water partition coefficient (Wildman–Crippen LogP) is 1.57. The molecule has 4 heteroatoms. The molecule has 0 bridgehead atoms. The standard InChI is InChI=1S/C15H26N4/c1-11(2)18-7-3-4-13(18)8-15-17-9-14-6-5-12(16)10-19(14)15/h9,11-13H,3-8,10,16H2,1-2H3. The van der Waals surface area contributed by atoms with Crippen molar-refractivity contribution in [3.05, 3.63) is 17.7 Å². The fourth-order valence-electron chi connectivity index (χ4n) is 3.67. The molecule has 19 heavy (non-hydrogen) atoms. The molecular weight excluding hydrogens is 236 g/mol. The number of imidazole rings is 1. The first-order chi connectivity index (χ1) is 9.15. The Balaban J connectivity index is 1.75. The molecule has 2 aliphatic rings. The van der Waals surface area contributed by atoms with E-state index in [0.717, 1.165) is 25.8 Å². The zero-order valence-electron chi connectivity index (χ0n) is 12.2. The quantitative estimate of drug-likeness (QED) is 0.899. The van der Waals surface area contributed by atoms with E-state index in [0.29, 0.717) is 18.1 Å². The van der Waals surface area contributed by atoms with E-state index in [4.69, 9.17) is 5.73 Å². The van der Waals surface area contributed by atoms with Crippen molar-refractivity contribution >= 4 is 0 Å². The first-order valence-electron chi connectivity index (χ1n) is 7.69. The van der Waals surface area contributed by atoms with Crippen LogP contribution < -0.4 is 5.73 Å². The zero-order valence-corrected chi connectivity index (χ0v) is 12.2. The van der Waals surface area contributed by atoms with Crippen LogP contribution in [0.15, 0.2) is 6.20 Å². The van der Waals surface area contributed by atoms with Crippen LogP contribution in [0.4, 0.5) is 0 Å². The molecule has 4 nitrogen and oxygen atoms in total. The zero-order chi connectivity index (χ0) is 13.4. The Hall–Kier alpha value is -0.870. The Labute approximate surface area is 116 Å². The van der Waals surface area contributed by atoms with Gasteiger partial charge in [-0.2, -0.15) is 0 Å². The molecule has 3 heterocycles. The van der Waals surface area contributed by atoms with E-state index in [2.05, 4.69) is 34.5 Å². The van der Waals surface area contributed by atoms with Gasteiger partial charge in [0.1, 0.15) is 5.82 Å². The van der Waals surface area contributed by atoms with Gasteiger partial charge in [0, 0.05) is 43.0 Å². The van der Waals surface area contributed by atoms with Crippen LogP contribution in [0.5, 0.6) is 0 Å². The number of nitrogens with two attached hydrogens (primary N) is 1. The lowest BCUT2D eigenvalue weighted by Gasteiger charge is -2.29.